The number of amides is 1. The standard InChI is InChI=1S/C29H29F3N4O8/c1-14-2-3-16-23-17(25(38)18(27(39)40)11-35(14)23)8-19(30)24(16)34-6-4-29(42,5-7-34)13-43-26-22(32)21(31)20(9-33-26)36-10-15(12-37)44-28(36)41/h8-9,11,14-15,37,42H,2-7,10,12-13H2,1H3,(H,39,40)/t14-,15+/m0/s1. The summed E-state index contributed by atoms with van der Waals surface area (Å²) in [5, 5.41) is 29.8. The van der Waals surface area contributed by atoms with Crippen LogP contribution in [0, 0.1) is 17.5 Å². The smallest absolute Gasteiger partial charge is 0.414 e. The Labute approximate surface area is 247 Å². The van der Waals surface area contributed by atoms with E-state index in [9.17, 15) is 38.5 Å². The van der Waals surface area contributed by atoms with Gasteiger partial charge in [0.15, 0.2) is 5.82 Å². The van der Waals surface area contributed by atoms with Crippen LogP contribution in [0.3, 0.4) is 0 Å². The van der Waals surface area contributed by atoms with Gasteiger partial charge in [0.1, 0.15) is 35.4 Å². The predicted octanol–water partition coefficient (Wildman–Crippen LogP) is 2.75. The molecule has 15 heteroatoms. The molecule has 1 aromatic carbocycles. The number of carboxylic acids is 1. The van der Waals surface area contributed by atoms with E-state index in [1.807, 2.05) is 6.92 Å². The van der Waals surface area contributed by atoms with E-state index in [1.54, 1.807) is 9.47 Å². The summed E-state index contributed by atoms with van der Waals surface area (Å²) in [6, 6.07) is 0.958. The normalized spacial score (nSPS) is 21.1. The first-order valence-electron chi connectivity index (χ1n) is 14.1. The van der Waals surface area contributed by atoms with E-state index in [4.69, 9.17) is 9.47 Å². The fourth-order valence-electron chi connectivity index (χ4n) is 6.16. The van der Waals surface area contributed by atoms with Crippen molar-refractivity contribution in [1.29, 1.82) is 0 Å². The molecule has 12 nitrogen and oxygen atoms in total. The molecule has 3 aromatic rings. The van der Waals surface area contributed by atoms with E-state index in [-0.39, 0.29) is 49.6 Å². The Balaban J connectivity index is 1.19. The number of anilines is 2. The molecule has 0 bridgehead atoms. The van der Waals surface area contributed by atoms with Crippen LogP contribution in [0.25, 0.3) is 10.9 Å². The number of carbonyl (C=O) groups excluding carboxylic acids is 1. The number of rotatable bonds is 7. The zero-order chi connectivity index (χ0) is 31.5. The summed E-state index contributed by atoms with van der Waals surface area (Å²) >= 11 is 0. The van der Waals surface area contributed by atoms with Gasteiger partial charge in [-0.2, -0.15) is 4.39 Å². The Hall–Kier alpha value is -4.37. The van der Waals surface area contributed by atoms with Crippen LogP contribution < -0.4 is 20.0 Å². The number of carbonyl (C=O) groups is 2. The molecule has 2 fully saturated rings. The van der Waals surface area contributed by atoms with Gasteiger partial charge in [-0.25, -0.2) is 23.4 Å². The topological polar surface area (TPSA) is 155 Å². The third-order valence-electron chi connectivity index (χ3n) is 8.62. The first-order chi connectivity index (χ1) is 20.9. The average Bonchev–Trinajstić information content (AvgIpc) is 3.37. The van der Waals surface area contributed by atoms with Gasteiger partial charge in [0.2, 0.25) is 11.2 Å². The van der Waals surface area contributed by atoms with E-state index in [1.165, 1.54) is 6.20 Å². The van der Waals surface area contributed by atoms with Gasteiger partial charge in [0.25, 0.3) is 5.88 Å². The van der Waals surface area contributed by atoms with Gasteiger partial charge in [-0.3, -0.25) is 9.69 Å². The number of piperidine rings is 1. The lowest BCUT2D eigenvalue weighted by Crippen LogP contribution is -2.48. The molecule has 6 rings (SSSR count). The molecule has 2 atom stereocenters. The van der Waals surface area contributed by atoms with E-state index >= 15 is 4.39 Å². The highest BCUT2D eigenvalue weighted by molar-refractivity contribution is 5.95. The lowest BCUT2D eigenvalue weighted by Gasteiger charge is -2.40. The van der Waals surface area contributed by atoms with E-state index < -0.39 is 77.0 Å². The van der Waals surface area contributed by atoms with Gasteiger partial charge in [-0.1, -0.05) is 0 Å². The third kappa shape index (κ3) is 4.89. The Kier molecular flexibility index (Phi) is 7.40. The van der Waals surface area contributed by atoms with E-state index in [0.29, 0.717) is 23.9 Å². The zero-order valence-corrected chi connectivity index (χ0v) is 23.6. The van der Waals surface area contributed by atoms with Crippen molar-refractivity contribution < 1.29 is 47.6 Å². The largest absolute Gasteiger partial charge is 0.477 e. The summed E-state index contributed by atoms with van der Waals surface area (Å²) in [7, 11) is 0. The SMILES string of the molecule is C[C@H]1CCc2c(N3CCC(O)(COc4ncc(N5C[C@H](CO)OC5=O)c(F)c4F)CC3)c(F)cc3c(=O)c(C(=O)O)cn1c23. The summed E-state index contributed by atoms with van der Waals surface area (Å²) in [6.45, 7) is 1.13. The number of hydrogen-bond acceptors (Lipinski definition) is 9. The first-order valence-corrected chi connectivity index (χ1v) is 14.1. The minimum atomic E-state index is -1.48. The minimum Gasteiger partial charge on any atom is -0.477 e. The number of ether oxygens (including phenoxy) is 2. The molecule has 2 aromatic heterocycles. The number of aliphatic hydroxyl groups excluding tert-OH is 1. The van der Waals surface area contributed by atoms with Crippen molar-refractivity contribution in [2.45, 2.75) is 50.4 Å². The van der Waals surface area contributed by atoms with Gasteiger partial charge >= 0.3 is 12.1 Å². The highest BCUT2D eigenvalue weighted by Crippen LogP contribution is 2.40. The second-order valence-electron chi connectivity index (χ2n) is 11.4. The van der Waals surface area contributed by atoms with Gasteiger partial charge in [-0.05, 0) is 38.7 Å². The van der Waals surface area contributed by atoms with Crippen LogP contribution in [0.4, 0.5) is 29.3 Å². The Morgan fingerprint density at radius 2 is 1.93 bits per heavy atom. The second kappa shape index (κ2) is 11.0. The maximum Gasteiger partial charge on any atom is 0.414 e. The van der Waals surface area contributed by atoms with Gasteiger partial charge < -0.3 is 34.3 Å². The Morgan fingerprint density at radius 3 is 2.59 bits per heavy atom. The number of halogens is 3. The summed E-state index contributed by atoms with van der Waals surface area (Å²) in [5.74, 6) is -5.65. The molecule has 3 aliphatic rings. The van der Waals surface area contributed by atoms with Crippen molar-refractivity contribution in [2.24, 2.45) is 0 Å². The van der Waals surface area contributed by atoms with Crippen LogP contribution in [-0.4, -0.2) is 81.5 Å². The molecule has 0 spiro atoms. The molecule has 44 heavy (non-hydrogen) atoms. The first kappa shape index (κ1) is 29.7. The molecule has 3 N–H and O–H groups in total. The highest BCUT2D eigenvalue weighted by atomic mass is 19.2. The molecular formula is C29H29F3N4O8. The lowest BCUT2D eigenvalue weighted by molar-refractivity contribution is -0.0265. The molecule has 0 saturated carbocycles. The van der Waals surface area contributed by atoms with Crippen molar-refractivity contribution in [1.82, 2.24) is 9.55 Å². The van der Waals surface area contributed by atoms with Crippen LogP contribution >= 0.6 is 0 Å². The predicted molar refractivity (Wildman–Crippen MR) is 149 cm³/mol. The molecule has 1 amide bonds. The fraction of sp³-hybridized carbons (Fsp3) is 0.448. The van der Waals surface area contributed by atoms with Gasteiger partial charge in [0, 0.05) is 36.3 Å². The van der Waals surface area contributed by atoms with Crippen LogP contribution in [0.1, 0.15) is 48.1 Å². The van der Waals surface area contributed by atoms with Crippen LogP contribution in [-0.2, 0) is 11.2 Å². The number of carboxylic acid groups (broad SMARTS) is 1. The number of hydrogen-bond donors (Lipinski definition) is 3. The monoisotopic (exact) mass is 618 g/mol. The molecule has 5 heterocycles. The van der Waals surface area contributed by atoms with Crippen molar-refractivity contribution >= 4 is 34.3 Å². The molecule has 234 valence electrons. The Morgan fingerprint density at radius 1 is 1.20 bits per heavy atom. The number of nitrogens with zero attached hydrogens (tertiary/aromatic N) is 4. The van der Waals surface area contributed by atoms with Crippen LogP contribution in [0.15, 0.2) is 23.3 Å². The van der Waals surface area contributed by atoms with Crippen molar-refractivity contribution in [3.63, 3.8) is 0 Å². The fourth-order valence-corrected chi connectivity index (χ4v) is 6.16. The summed E-state index contributed by atoms with van der Waals surface area (Å²) in [5.41, 5.74) is -1.80. The van der Waals surface area contributed by atoms with Crippen LogP contribution in [0.5, 0.6) is 5.88 Å². The quantitative estimate of drug-likeness (QED) is 0.360. The van der Waals surface area contributed by atoms with E-state index in [0.717, 1.165) is 17.2 Å². The molecule has 0 unspecified atom stereocenters. The van der Waals surface area contributed by atoms with Crippen molar-refractivity contribution in [2.75, 3.05) is 42.6 Å². The maximum atomic E-state index is 15.6. The summed E-state index contributed by atoms with van der Waals surface area (Å²) in [4.78, 5) is 42.8. The van der Waals surface area contributed by atoms with Gasteiger partial charge in [-0.15, -0.1) is 0 Å². The molecule has 3 aliphatic heterocycles. The Bertz CT molecular complexity index is 1740. The van der Waals surface area contributed by atoms with Crippen molar-refractivity contribution in [3.05, 3.63) is 57.3 Å². The second-order valence-corrected chi connectivity index (χ2v) is 11.4. The number of pyridine rings is 2. The number of aliphatic hydroxyl groups is 2. The molecule has 0 aliphatic carbocycles. The number of aromatic nitrogens is 2. The molecular weight excluding hydrogens is 589 g/mol. The summed E-state index contributed by atoms with van der Waals surface area (Å²) < 4.78 is 57.2. The highest BCUT2D eigenvalue weighted by Gasteiger charge is 2.38. The molecule has 2 saturated heterocycles. The number of aryl methyl sites for hydroxylation is 1. The van der Waals surface area contributed by atoms with E-state index in [2.05, 4.69) is 4.98 Å². The third-order valence-corrected chi connectivity index (χ3v) is 8.62. The zero-order valence-electron chi connectivity index (χ0n) is 23.6. The van der Waals surface area contributed by atoms with Crippen LogP contribution in [0.2, 0.25) is 0 Å². The number of benzene rings is 1. The van der Waals surface area contributed by atoms with Crippen molar-refractivity contribution in [3.8, 4) is 5.88 Å². The molecule has 0 radical (unpaired) electrons. The van der Waals surface area contributed by atoms with Gasteiger partial charge in [0.05, 0.1) is 30.6 Å². The number of aromatic carboxylic acids is 1. The summed E-state index contributed by atoms with van der Waals surface area (Å²) in [6.07, 6.45) is 1.57. The minimum absolute atomic E-state index is 0.00257. The average molecular weight is 619 g/mol. The lowest BCUT2D eigenvalue weighted by atomic mass is 9.89. The maximum absolute atomic E-state index is 15.6. The number of cyclic esters (lactones) is 1.